The van der Waals surface area contributed by atoms with Crippen molar-refractivity contribution in [1.82, 2.24) is 15.0 Å². The third kappa shape index (κ3) is 4.11. The molecule has 0 fully saturated rings. The van der Waals surface area contributed by atoms with E-state index in [4.69, 9.17) is 4.74 Å². The predicted molar refractivity (Wildman–Crippen MR) is 114 cm³/mol. The van der Waals surface area contributed by atoms with E-state index in [-0.39, 0.29) is 12.5 Å². The number of nitrogens with zero attached hydrogens (tertiary/aromatic N) is 3. The van der Waals surface area contributed by atoms with Gasteiger partial charge in [0, 0.05) is 5.69 Å². The summed E-state index contributed by atoms with van der Waals surface area (Å²) in [5.41, 5.74) is 6.36. The van der Waals surface area contributed by atoms with Crippen molar-refractivity contribution >= 4 is 22.6 Å². The Kier molecular flexibility index (Phi) is 4.99. The van der Waals surface area contributed by atoms with Gasteiger partial charge in [-0.1, -0.05) is 29.8 Å². The molecule has 0 aliphatic rings. The number of aromatic nitrogens is 3. The Labute approximate surface area is 169 Å². The highest BCUT2D eigenvalue weighted by atomic mass is 16.5. The number of carbonyl (C=O) groups is 1. The summed E-state index contributed by atoms with van der Waals surface area (Å²) in [6.45, 7) is 5.98. The number of nitrogens with one attached hydrogen (secondary N) is 1. The number of hydrogen-bond donors (Lipinski definition) is 1. The molecule has 4 rings (SSSR count). The second-order valence-electron chi connectivity index (χ2n) is 7.06. The van der Waals surface area contributed by atoms with E-state index in [2.05, 4.69) is 15.5 Å². The van der Waals surface area contributed by atoms with Crippen LogP contribution in [0.5, 0.6) is 5.75 Å². The van der Waals surface area contributed by atoms with Crippen molar-refractivity contribution in [2.24, 2.45) is 0 Å². The van der Waals surface area contributed by atoms with E-state index in [1.165, 1.54) is 5.56 Å². The van der Waals surface area contributed by atoms with Crippen LogP contribution in [0.15, 0.2) is 60.7 Å². The highest BCUT2D eigenvalue weighted by Crippen LogP contribution is 2.21. The Bertz CT molecular complexity index is 1180. The second-order valence-corrected chi connectivity index (χ2v) is 7.06. The lowest BCUT2D eigenvalue weighted by molar-refractivity contribution is -0.118. The first-order chi connectivity index (χ1) is 14.0. The molecule has 0 radical (unpaired) electrons. The van der Waals surface area contributed by atoms with Crippen LogP contribution in [0.4, 0.5) is 5.69 Å². The van der Waals surface area contributed by atoms with Crippen LogP contribution in [0.3, 0.4) is 0 Å². The average Bonchev–Trinajstić information content (AvgIpc) is 3.13. The molecule has 1 heterocycles. The molecule has 1 amide bonds. The maximum atomic E-state index is 12.3. The molecule has 4 aromatic rings. The van der Waals surface area contributed by atoms with E-state index in [0.29, 0.717) is 11.2 Å². The summed E-state index contributed by atoms with van der Waals surface area (Å²) in [6, 6.07) is 19.2. The summed E-state index contributed by atoms with van der Waals surface area (Å²) in [4.78, 5) is 13.9. The number of hydrogen-bond acceptors (Lipinski definition) is 4. The van der Waals surface area contributed by atoms with Crippen LogP contribution in [-0.4, -0.2) is 27.5 Å². The number of fused-ring (bicyclic) bond motifs is 1. The molecule has 0 atom stereocenters. The van der Waals surface area contributed by atoms with Crippen molar-refractivity contribution in [3.8, 4) is 11.4 Å². The quantitative estimate of drug-likeness (QED) is 0.553. The zero-order chi connectivity index (χ0) is 20.4. The van der Waals surface area contributed by atoms with Crippen molar-refractivity contribution in [2.75, 3.05) is 11.9 Å². The average molecular weight is 386 g/mol. The predicted octanol–water partition coefficient (Wildman–Crippen LogP) is 4.36. The van der Waals surface area contributed by atoms with Gasteiger partial charge in [-0.25, -0.2) is 0 Å². The van der Waals surface area contributed by atoms with Crippen LogP contribution in [0.1, 0.15) is 16.7 Å². The summed E-state index contributed by atoms with van der Waals surface area (Å²) >= 11 is 0. The molecule has 0 saturated heterocycles. The van der Waals surface area contributed by atoms with Gasteiger partial charge >= 0.3 is 0 Å². The van der Waals surface area contributed by atoms with Crippen molar-refractivity contribution in [1.29, 1.82) is 0 Å². The van der Waals surface area contributed by atoms with Gasteiger partial charge in [-0.2, -0.15) is 4.80 Å². The van der Waals surface area contributed by atoms with Gasteiger partial charge in [0.2, 0.25) is 0 Å². The molecule has 1 N–H and O–H groups in total. The Morgan fingerprint density at radius 1 is 0.966 bits per heavy atom. The first-order valence-corrected chi connectivity index (χ1v) is 9.42. The summed E-state index contributed by atoms with van der Waals surface area (Å²) in [7, 11) is 0. The SMILES string of the molecule is Cc1ccc(-n2nc3ccc(NC(=O)COc4cccc(C)c4C)cc3n2)cc1. The molecule has 0 aliphatic carbocycles. The molecule has 1 aromatic heterocycles. The largest absolute Gasteiger partial charge is 0.483 e. The fraction of sp³-hybridized carbons (Fsp3) is 0.174. The van der Waals surface area contributed by atoms with Gasteiger partial charge in [0.15, 0.2) is 6.61 Å². The molecule has 6 heteroatoms. The maximum absolute atomic E-state index is 12.3. The number of rotatable bonds is 5. The molecule has 3 aromatic carbocycles. The number of carbonyl (C=O) groups excluding carboxylic acids is 1. The fourth-order valence-electron chi connectivity index (χ4n) is 3.01. The zero-order valence-electron chi connectivity index (χ0n) is 16.6. The van der Waals surface area contributed by atoms with Crippen LogP contribution in [-0.2, 0) is 4.79 Å². The summed E-state index contributed by atoms with van der Waals surface area (Å²) in [6.07, 6.45) is 0. The zero-order valence-corrected chi connectivity index (χ0v) is 16.6. The highest BCUT2D eigenvalue weighted by Gasteiger charge is 2.09. The van der Waals surface area contributed by atoms with E-state index >= 15 is 0 Å². The minimum absolute atomic E-state index is 0.0572. The molecule has 6 nitrogen and oxygen atoms in total. The van der Waals surface area contributed by atoms with Gasteiger partial charge in [0.25, 0.3) is 5.91 Å². The lowest BCUT2D eigenvalue weighted by Crippen LogP contribution is -2.20. The Morgan fingerprint density at radius 2 is 1.72 bits per heavy atom. The first kappa shape index (κ1) is 18.7. The number of amides is 1. The molecule has 29 heavy (non-hydrogen) atoms. The van der Waals surface area contributed by atoms with Gasteiger partial charge < -0.3 is 10.1 Å². The maximum Gasteiger partial charge on any atom is 0.262 e. The minimum Gasteiger partial charge on any atom is -0.483 e. The van der Waals surface area contributed by atoms with Crippen LogP contribution in [0.25, 0.3) is 16.7 Å². The topological polar surface area (TPSA) is 69.0 Å². The Balaban J connectivity index is 1.46. The van der Waals surface area contributed by atoms with E-state index in [0.717, 1.165) is 28.1 Å². The molecule has 0 spiro atoms. The van der Waals surface area contributed by atoms with E-state index < -0.39 is 0 Å². The standard InChI is InChI=1S/C23H22N4O2/c1-15-7-10-19(11-8-15)27-25-20-12-9-18(13-21(20)26-27)24-23(28)14-29-22-6-4-5-16(2)17(22)3/h4-13H,14H2,1-3H3,(H,24,28). The van der Waals surface area contributed by atoms with Crippen molar-refractivity contribution in [2.45, 2.75) is 20.8 Å². The monoisotopic (exact) mass is 386 g/mol. The highest BCUT2D eigenvalue weighted by molar-refractivity contribution is 5.93. The number of anilines is 1. The van der Waals surface area contributed by atoms with Gasteiger partial charge in [0.05, 0.1) is 5.69 Å². The lowest BCUT2D eigenvalue weighted by Gasteiger charge is -2.11. The third-order valence-corrected chi connectivity index (χ3v) is 4.84. The van der Waals surface area contributed by atoms with Crippen LogP contribution >= 0.6 is 0 Å². The fourth-order valence-corrected chi connectivity index (χ4v) is 3.01. The van der Waals surface area contributed by atoms with E-state index in [9.17, 15) is 4.79 Å². The number of benzene rings is 3. The van der Waals surface area contributed by atoms with Crippen molar-refractivity contribution < 1.29 is 9.53 Å². The summed E-state index contributed by atoms with van der Waals surface area (Å²) in [5.74, 6) is 0.493. The molecule has 146 valence electrons. The Morgan fingerprint density at radius 3 is 2.52 bits per heavy atom. The summed E-state index contributed by atoms with van der Waals surface area (Å²) in [5, 5.41) is 11.9. The van der Waals surface area contributed by atoms with Gasteiger partial charge in [-0.3, -0.25) is 4.79 Å². The van der Waals surface area contributed by atoms with Crippen LogP contribution in [0.2, 0.25) is 0 Å². The molecule has 0 aliphatic heterocycles. The first-order valence-electron chi connectivity index (χ1n) is 9.42. The van der Waals surface area contributed by atoms with E-state index in [1.54, 1.807) is 4.80 Å². The van der Waals surface area contributed by atoms with Crippen molar-refractivity contribution in [3.05, 3.63) is 77.4 Å². The second kappa shape index (κ2) is 7.75. The normalized spacial score (nSPS) is 10.9. The lowest BCUT2D eigenvalue weighted by atomic mass is 10.1. The molecule has 0 unspecified atom stereocenters. The number of ether oxygens (including phenoxy) is 1. The van der Waals surface area contributed by atoms with Gasteiger partial charge in [-0.05, 0) is 68.3 Å². The molecule has 0 bridgehead atoms. The Hall–Kier alpha value is -3.67. The smallest absolute Gasteiger partial charge is 0.262 e. The van der Waals surface area contributed by atoms with Gasteiger partial charge in [-0.15, -0.1) is 10.2 Å². The van der Waals surface area contributed by atoms with Crippen molar-refractivity contribution in [3.63, 3.8) is 0 Å². The van der Waals surface area contributed by atoms with Crippen LogP contribution in [0, 0.1) is 20.8 Å². The summed E-state index contributed by atoms with van der Waals surface area (Å²) < 4.78 is 5.67. The third-order valence-electron chi connectivity index (χ3n) is 4.84. The van der Waals surface area contributed by atoms with Gasteiger partial charge in [0.1, 0.15) is 16.8 Å². The minimum atomic E-state index is -0.226. The van der Waals surface area contributed by atoms with Crippen LogP contribution < -0.4 is 10.1 Å². The number of aryl methyl sites for hydroxylation is 2. The molecular weight excluding hydrogens is 364 g/mol. The molecular formula is C23H22N4O2. The molecule has 0 saturated carbocycles. The van der Waals surface area contributed by atoms with E-state index in [1.807, 2.05) is 81.4 Å².